The topological polar surface area (TPSA) is 56.1 Å². The third kappa shape index (κ3) is 4.25. The van der Waals surface area contributed by atoms with Crippen molar-refractivity contribution in [3.63, 3.8) is 0 Å². The summed E-state index contributed by atoms with van der Waals surface area (Å²) >= 11 is 9.31. The summed E-state index contributed by atoms with van der Waals surface area (Å²) < 4.78 is 47.0. The molecule has 1 N–H and O–H groups in total. The van der Waals surface area contributed by atoms with E-state index in [1.54, 1.807) is 25.1 Å². The van der Waals surface area contributed by atoms with E-state index < -0.39 is 24.5 Å². The molecule has 3 aromatic rings. The highest BCUT2D eigenvalue weighted by Crippen LogP contribution is 2.37. The first-order valence-corrected chi connectivity index (χ1v) is 9.32. The van der Waals surface area contributed by atoms with E-state index in [4.69, 9.17) is 16.3 Å². The molecule has 0 saturated heterocycles. The number of benzene rings is 2. The average Bonchev–Trinajstić information content (AvgIpc) is 2.97. The number of halogens is 5. The molecule has 1 aromatic heterocycles. The van der Waals surface area contributed by atoms with Gasteiger partial charge < -0.3 is 14.6 Å². The van der Waals surface area contributed by atoms with Gasteiger partial charge in [-0.2, -0.15) is 13.2 Å². The van der Waals surface area contributed by atoms with Crippen molar-refractivity contribution in [1.29, 1.82) is 0 Å². The fraction of sp³-hybridized carbons (Fsp3) is 0.222. The molecule has 2 aromatic carbocycles. The Morgan fingerprint density at radius 2 is 2.04 bits per heavy atom. The minimum atomic E-state index is -4.70. The van der Waals surface area contributed by atoms with Gasteiger partial charge in [0.1, 0.15) is 6.54 Å². The SMILES string of the molecule is CCOc1c(Br)cc(Cl)cc1NC(=O)Cn1c(C(F)(F)F)nc2ccccc21. The van der Waals surface area contributed by atoms with Crippen molar-refractivity contribution in [2.45, 2.75) is 19.6 Å². The Bertz CT molecular complexity index is 1040. The molecule has 28 heavy (non-hydrogen) atoms. The summed E-state index contributed by atoms with van der Waals surface area (Å²) in [6.07, 6.45) is -4.70. The number of carbonyl (C=O) groups excluding carboxylic acids is 1. The number of hydrogen-bond donors (Lipinski definition) is 1. The van der Waals surface area contributed by atoms with Crippen LogP contribution in [0.25, 0.3) is 11.0 Å². The number of para-hydroxylation sites is 2. The van der Waals surface area contributed by atoms with Gasteiger partial charge in [0.25, 0.3) is 0 Å². The molecule has 5 nitrogen and oxygen atoms in total. The zero-order chi connectivity index (χ0) is 20.5. The molecule has 0 fully saturated rings. The highest BCUT2D eigenvalue weighted by Gasteiger charge is 2.38. The molecule has 0 unspecified atom stereocenters. The molecular formula is C18H14BrClF3N3O2. The van der Waals surface area contributed by atoms with Crippen molar-refractivity contribution in [2.24, 2.45) is 0 Å². The smallest absolute Gasteiger partial charge is 0.449 e. The molecule has 0 aliphatic rings. The quantitative estimate of drug-likeness (QED) is 0.528. The van der Waals surface area contributed by atoms with Gasteiger partial charge in [0, 0.05) is 5.02 Å². The van der Waals surface area contributed by atoms with Crippen molar-refractivity contribution in [1.82, 2.24) is 9.55 Å². The second-order valence-corrected chi connectivity index (χ2v) is 7.04. The third-order valence-corrected chi connectivity index (χ3v) is 4.59. The predicted octanol–water partition coefficient (Wildman–Crippen LogP) is 5.51. The monoisotopic (exact) mass is 475 g/mol. The maximum atomic E-state index is 13.4. The van der Waals surface area contributed by atoms with Crippen LogP contribution in [0.3, 0.4) is 0 Å². The molecule has 0 aliphatic carbocycles. The van der Waals surface area contributed by atoms with Crippen molar-refractivity contribution >= 4 is 50.2 Å². The van der Waals surface area contributed by atoms with Crippen LogP contribution < -0.4 is 10.1 Å². The summed E-state index contributed by atoms with van der Waals surface area (Å²) in [5.74, 6) is -1.48. The normalized spacial score (nSPS) is 11.6. The minimum Gasteiger partial charge on any atom is -0.491 e. The number of rotatable bonds is 5. The van der Waals surface area contributed by atoms with Gasteiger partial charge >= 0.3 is 6.18 Å². The first kappa shape index (κ1) is 20.5. The lowest BCUT2D eigenvalue weighted by molar-refractivity contribution is -0.147. The van der Waals surface area contributed by atoms with Gasteiger partial charge in [-0.3, -0.25) is 4.79 Å². The van der Waals surface area contributed by atoms with E-state index >= 15 is 0 Å². The van der Waals surface area contributed by atoms with Gasteiger partial charge in [-0.1, -0.05) is 23.7 Å². The number of alkyl halides is 3. The molecule has 0 spiro atoms. The highest BCUT2D eigenvalue weighted by atomic mass is 79.9. The highest BCUT2D eigenvalue weighted by molar-refractivity contribution is 9.10. The molecule has 0 aliphatic heterocycles. The second-order valence-electron chi connectivity index (χ2n) is 5.75. The molecular weight excluding hydrogens is 463 g/mol. The molecule has 0 saturated carbocycles. The summed E-state index contributed by atoms with van der Waals surface area (Å²) in [6.45, 7) is 1.51. The first-order chi connectivity index (χ1) is 13.2. The maximum absolute atomic E-state index is 13.4. The van der Waals surface area contributed by atoms with Crippen LogP contribution in [0.5, 0.6) is 5.75 Å². The summed E-state index contributed by atoms with van der Waals surface area (Å²) in [5, 5.41) is 2.89. The molecule has 0 radical (unpaired) electrons. The van der Waals surface area contributed by atoms with Gasteiger partial charge in [-0.15, -0.1) is 0 Å². The Labute approximate surface area is 171 Å². The van der Waals surface area contributed by atoms with Gasteiger partial charge in [-0.25, -0.2) is 4.98 Å². The van der Waals surface area contributed by atoms with Crippen molar-refractivity contribution in [3.05, 3.63) is 51.7 Å². The van der Waals surface area contributed by atoms with Gasteiger partial charge in [0.15, 0.2) is 5.75 Å². The Kier molecular flexibility index (Phi) is 5.85. The maximum Gasteiger partial charge on any atom is 0.449 e. The second kappa shape index (κ2) is 8.00. The standard InChI is InChI=1S/C18H14BrClF3N3O2/c1-2-28-16-11(19)7-10(20)8-13(16)24-15(27)9-26-14-6-4-3-5-12(14)25-17(26)18(21,22)23/h3-8H,2,9H2,1H3,(H,24,27). The van der Waals surface area contributed by atoms with E-state index in [9.17, 15) is 18.0 Å². The number of ether oxygens (including phenoxy) is 1. The molecule has 10 heteroatoms. The van der Waals surface area contributed by atoms with Crippen LogP contribution >= 0.6 is 27.5 Å². The number of amides is 1. The number of aromatic nitrogens is 2. The third-order valence-electron chi connectivity index (χ3n) is 3.78. The Morgan fingerprint density at radius 3 is 2.71 bits per heavy atom. The Hall–Kier alpha value is -2.26. The lowest BCUT2D eigenvalue weighted by Gasteiger charge is -2.15. The van der Waals surface area contributed by atoms with E-state index in [1.807, 2.05) is 0 Å². The zero-order valence-electron chi connectivity index (χ0n) is 14.5. The number of hydrogen-bond acceptors (Lipinski definition) is 3. The molecule has 1 amide bonds. The minimum absolute atomic E-state index is 0.156. The van der Waals surface area contributed by atoms with Crippen molar-refractivity contribution in [3.8, 4) is 5.75 Å². The fourth-order valence-electron chi connectivity index (χ4n) is 2.73. The number of carbonyl (C=O) groups is 1. The lowest BCUT2D eigenvalue weighted by atomic mass is 10.3. The van der Waals surface area contributed by atoms with Crippen molar-refractivity contribution < 1.29 is 22.7 Å². The van der Waals surface area contributed by atoms with E-state index in [2.05, 4.69) is 26.2 Å². The summed E-state index contributed by atoms with van der Waals surface area (Å²) in [4.78, 5) is 16.2. The van der Waals surface area contributed by atoms with E-state index in [-0.39, 0.29) is 16.7 Å². The van der Waals surface area contributed by atoms with Crippen LogP contribution in [0.15, 0.2) is 40.9 Å². The van der Waals surface area contributed by atoms with Gasteiger partial charge in [-0.05, 0) is 47.1 Å². The molecule has 0 bridgehead atoms. The van der Waals surface area contributed by atoms with Crippen LogP contribution in [0, 0.1) is 0 Å². The molecule has 1 heterocycles. The van der Waals surface area contributed by atoms with E-state index in [0.29, 0.717) is 21.9 Å². The molecule has 0 atom stereocenters. The number of fused-ring (bicyclic) bond motifs is 1. The van der Waals surface area contributed by atoms with Crippen LogP contribution in [0.4, 0.5) is 18.9 Å². The first-order valence-electron chi connectivity index (χ1n) is 8.15. The van der Waals surface area contributed by atoms with E-state index in [1.165, 1.54) is 18.2 Å². The fourth-order valence-corrected chi connectivity index (χ4v) is 3.65. The largest absolute Gasteiger partial charge is 0.491 e. The van der Waals surface area contributed by atoms with Crippen LogP contribution in [-0.4, -0.2) is 22.1 Å². The number of imidazole rings is 1. The van der Waals surface area contributed by atoms with Gasteiger partial charge in [0.2, 0.25) is 11.7 Å². The van der Waals surface area contributed by atoms with Crippen molar-refractivity contribution in [2.75, 3.05) is 11.9 Å². The summed E-state index contributed by atoms with van der Waals surface area (Å²) in [5.41, 5.74) is 0.620. The number of nitrogens with zero attached hydrogens (tertiary/aromatic N) is 2. The predicted molar refractivity (Wildman–Crippen MR) is 104 cm³/mol. The van der Waals surface area contributed by atoms with Crippen LogP contribution in [-0.2, 0) is 17.5 Å². The average molecular weight is 477 g/mol. The van der Waals surface area contributed by atoms with Gasteiger partial charge in [0.05, 0.1) is 27.8 Å². The number of nitrogens with one attached hydrogen (secondary N) is 1. The lowest BCUT2D eigenvalue weighted by Crippen LogP contribution is -2.23. The molecule has 3 rings (SSSR count). The summed E-state index contributed by atoms with van der Waals surface area (Å²) in [6, 6.07) is 9.16. The van der Waals surface area contributed by atoms with E-state index in [0.717, 1.165) is 4.57 Å². The van der Waals surface area contributed by atoms with Crippen LogP contribution in [0.1, 0.15) is 12.7 Å². The zero-order valence-corrected chi connectivity index (χ0v) is 16.8. The van der Waals surface area contributed by atoms with Crippen LogP contribution in [0.2, 0.25) is 5.02 Å². The Balaban J connectivity index is 1.95. The number of anilines is 1. The summed E-state index contributed by atoms with van der Waals surface area (Å²) in [7, 11) is 0. The Morgan fingerprint density at radius 1 is 1.32 bits per heavy atom. The molecule has 148 valence electrons.